The third-order valence-corrected chi connectivity index (χ3v) is 4.05. The van der Waals surface area contributed by atoms with Crippen molar-refractivity contribution in [1.82, 2.24) is 14.7 Å². The van der Waals surface area contributed by atoms with Gasteiger partial charge in [0, 0.05) is 28.3 Å². The minimum atomic E-state index is -0.0779. The van der Waals surface area contributed by atoms with Crippen LogP contribution in [-0.2, 0) is 0 Å². The highest BCUT2D eigenvalue weighted by molar-refractivity contribution is 9.10. The van der Waals surface area contributed by atoms with Gasteiger partial charge < -0.3 is 11.1 Å². The number of benzene rings is 1. The second-order valence-electron chi connectivity index (χ2n) is 5.19. The van der Waals surface area contributed by atoms with Crippen molar-refractivity contribution in [2.24, 2.45) is 5.73 Å². The van der Waals surface area contributed by atoms with Gasteiger partial charge in [-0.1, -0.05) is 12.1 Å². The zero-order chi connectivity index (χ0) is 16.2. The molecule has 0 aliphatic heterocycles. The van der Waals surface area contributed by atoms with Crippen LogP contribution in [0.3, 0.4) is 0 Å². The summed E-state index contributed by atoms with van der Waals surface area (Å²) in [6.07, 6.45) is 4.59. The number of nitrogens with one attached hydrogen (secondary N) is 1. The number of nitrogens with two attached hydrogens (primary N) is 1. The van der Waals surface area contributed by atoms with Gasteiger partial charge in [0.2, 0.25) is 0 Å². The number of hydrogen-bond donors (Lipinski definition) is 2. The number of hydrogen-bond acceptors (Lipinski definition) is 3. The van der Waals surface area contributed by atoms with Gasteiger partial charge in [0.15, 0.2) is 0 Å². The highest BCUT2D eigenvalue weighted by atomic mass is 79.9. The number of aromatic nitrogens is 2. The largest absolute Gasteiger partial charge is 0.352 e. The van der Waals surface area contributed by atoms with Crippen molar-refractivity contribution in [1.29, 1.82) is 0 Å². The van der Waals surface area contributed by atoms with E-state index < -0.39 is 0 Å². The van der Waals surface area contributed by atoms with Crippen LogP contribution in [0.25, 0.3) is 16.9 Å². The van der Waals surface area contributed by atoms with Crippen molar-refractivity contribution in [3.05, 3.63) is 58.8 Å². The van der Waals surface area contributed by atoms with Crippen LogP contribution in [0.15, 0.2) is 53.3 Å². The maximum atomic E-state index is 12.0. The summed E-state index contributed by atoms with van der Waals surface area (Å²) in [5.41, 5.74) is 8.93. The average molecular weight is 373 g/mol. The molecule has 3 aromatic rings. The van der Waals surface area contributed by atoms with Crippen LogP contribution in [0.2, 0.25) is 0 Å². The minimum Gasteiger partial charge on any atom is -0.352 e. The van der Waals surface area contributed by atoms with E-state index in [2.05, 4.69) is 26.2 Å². The van der Waals surface area contributed by atoms with Crippen molar-refractivity contribution in [2.45, 2.75) is 6.42 Å². The first-order valence-electron chi connectivity index (χ1n) is 7.40. The van der Waals surface area contributed by atoms with E-state index in [4.69, 9.17) is 5.73 Å². The molecule has 0 spiro atoms. The Hall–Kier alpha value is -2.18. The first-order chi connectivity index (χ1) is 11.2. The Labute approximate surface area is 142 Å². The first-order valence-corrected chi connectivity index (χ1v) is 8.19. The molecule has 23 heavy (non-hydrogen) atoms. The number of carbonyl (C=O) groups excluding carboxylic acids is 1. The van der Waals surface area contributed by atoms with Crippen LogP contribution in [-0.4, -0.2) is 28.4 Å². The fourth-order valence-electron chi connectivity index (χ4n) is 2.37. The van der Waals surface area contributed by atoms with Crippen LogP contribution in [0.5, 0.6) is 0 Å². The lowest BCUT2D eigenvalue weighted by atomic mass is 10.1. The van der Waals surface area contributed by atoms with Gasteiger partial charge in [0.05, 0.1) is 11.9 Å². The lowest BCUT2D eigenvalue weighted by Crippen LogP contribution is -2.25. The molecule has 0 unspecified atom stereocenters. The van der Waals surface area contributed by atoms with Crippen molar-refractivity contribution in [2.75, 3.05) is 13.1 Å². The molecule has 0 fully saturated rings. The quantitative estimate of drug-likeness (QED) is 0.676. The molecule has 1 aromatic carbocycles. The normalized spacial score (nSPS) is 10.9. The van der Waals surface area contributed by atoms with Gasteiger partial charge >= 0.3 is 0 Å². The van der Waals surface area contributed by atoms with Crippen molar-refractivity contribution >= 4 is 27.5 Å². The number of carbonyl (C=O) groups is 1. The van der Waals surface area contributed by atoms with Gasteiger partial charge in [-0.05, 0) is 53.2 Å². The Bertz CT molecular complexity index is 826. The molecular weight excluding hydrogens is 356 g/mol. The summed E-state index contributed by atoms with van der Waals surface area (Å²) in [5, 5.41) is 2.85. The third-order valence-electron chi connectivity index (χ3n) is 3.58. The second-order valence-corrected chi connectivity index (χ2v) is 6.11. The molecule has 0 saturated carbocycles. The van der Waals surface area contributed by atoms with E-state index in [-0.39, 0.29) is 5.91 Å². The Morgan fingerprint density at radius 1 is 1.22 bits per heavy atom. The van der Waals surface area contributed by atoms with Gasteiger partial charge in [-0.3, -0.25) is 9.20 Å². The molecule has 6 heteroatoms. The lowest BCUT2D eigenvalue weighted by Gasteiger charge is -2.06. The maximum Gasteiger partial charge on any atom is 0.251 e. The van der Waals surface area contributed by atoms with Gasteiger partial charge in [0.1, 0.15) is 5.65 Å². The van der Waals surface area contributed by atoms with Crippen LogP contribution in [0.4, 0.5) is 0 Å². The van der Waals surface area contributed by atoms with Crippen molar-refractivity contribution < 1.29 is 4.79 Å². The van der Waals surface area contributed by atoms with E-state index in [1.54, 1.807) is 0 Å². The molecule has 0 atom stereocenters. The van der Waals surface area contributed by atoms with Gasteiger partial charge in [0.25, 0.3) is 5.91 Å². The van der Waals surface area contributed by atoms with Crippen LogP contribution >= 0.6 is 15.9 Å². The van der Waals surface area contributed by atoms with Gasteiger partial charge in [-0.15, -0.1) is 0 Å². The number of nitrogens with zero attached hydrogens (tertiary/aromatic N) is 2. The summed E-state index contributed by atoms with van der Waals surface area (Å²) in [5.74, 6) is -0.0779. The van der Waals surface area contributed by atoms with E-state index in [1.165, 1.54) is 0 Å². The summed E-state index contributed by atoms with van der Waals surface area (Å²) in [6.45, 7) is 1.17. The third kappa shape index (κ3) is 3.43. The molecule has 3 N–H and O–H groups in total. The standard InChI is InChI=1S/C17H17BrN4O/c18-14-6-7-16-21-10-15(22(16)11-14)12-2-4-13(5-3-12)17(23)20-9-1-8-19/h2-7,10-11H,1,8-9,19H2,(H,20,23). The van der Waals surface area contributed by atoms with E-state index >= 15 is 0 Å². The summed E-state index contributed by atoms with van der Waals surface area (Å²) in [6, 6.07) is 11.4. The summed E-state index contributed by atoms with van der Waals surface area (Å²) >= 11 is 3.47. The fourth-order valence-corrected chi connectivity index (χ4v) is 2.70. The molecule has 0 bridgehead atoms. The first kappa shape index (κ1) is 15.7. The van der Waals surface area contributed by atoms with Crippen molar-refractivity contribution in [3.8, 4) is 11.3 Å². The molecule has 5 nitrogen and oxygen atoms in total. The summed E-state index contributed by atoms with van der Waals surface area (Å²) in [4.78, 5) is 16.4. The zero-order valence-electron chi connectivity index (χ0n) is 12.5. The van der Waals surface area contributed by atoms with Gasteiger partial charge in [-0.25, -0.2) is 4.98 Å². The highest BCUT2D eigenvalue weighted by Crippen LogP contribution is 2.23. The predicted molar refractivity (Wildman–Crippen MR) is 94.3 cm³/mol. The fraction of sp³-hybridized carbons (Fsp3) is 0.176. The number of imidazole rings is 1. The molecule has 0 saturated heterocycles. The summed E-state index contributed by atoms with van der Waals surface area (Å²) < 4.78 is 3.00. The van der Waals surface area contributed by atoms with E-state index in [9.17, 15) is 4.79 Å². The Balaban J connectivity index is 1.84. The molecule has 0 aliphatic carbocycles. The second kappa shape index (κ2) is 6.93. The number of fused-ring (bicyclic) bond motifs is 1. The van der Waals surface area contributed by atoms with Gasteiger partial charge in [-0.2, -0.15) is 0 Å². The number of amides is 1. The number of halogens is 1. The molecular formula is C17H17BrN4O. The Morgan fingerprint density at radius 2 is 2.00 bits per heavy atom. The predicted octanol–water partition coefficient (Wildman–Crippen LogP) is 2.84. The Morgan fingerprint density at radius 3 is 2.74 bits per heavy atom. The topological polar surface area (TPSA) is 72.4 Å². The van der Waals surface area contributed by atoms with E-state index in [0.717, 1.165) is 27.8 Å². The molecule has 1 amide bonds. The monoisotopic (exact) mass is 372 g/mol. The highest BCUT2D eigenvalue weighted by Gasteiger charge is 2.08. The SMILES string of the molecule is NCCCNC(=O)c1ccc(-c2cnc3ccc(Br)cn23)cc1. The molecule has 2 heterocycles. The molecule has 118 valence electrons. The molecule has 3 rings (SSSR count). The van der Waals surface area contributed by atoms with Crippen LogP contribution in [0.1, 0.15) is 16.8 Å². The maximum absolute atomic E-state index is 12.0. The molecule has 0 radical (unpaired) electrons. The zero-order valence-corrected chi connectivity index (χ0v) is 14.1. The minimum absolute atomic E-state index is 0.0779. The molecule has 0 aliphatic rings. The Kier molecular flexibility index (Phi) is 4.73. The number of rotatable bonds is 5. The van der Waals surface area contributed by atoms with Crippen LogP contribution < -0.4 is 11.1 Å². The van der Waals surface area contributed by atoms with Crippen LogP contribution in [0, 0.1) is 0 Å². The molecule has 2 aromatic heterocycles. The van der Waals surface area contributed by atoms with E-state index in [1.807, 2.05) is 53.2 Å². The van der Waals surface area contributed by atoms with Crippen molar-refractivity contribution in [3.63, 3.8) is 0 Å². The smallest absolute Gasteiger partial charge is 0.251 e. The van der Waals surface area contributed by atoms with E-state index in [0.29, 0.717) is 18.7 Å². The summed E-state index contributed by atoms with van der Waals surface area (Å²) in [7, 11) is 0. The lowest BCUT2D eigenvalue weighted by molar-refractivity contribution is 0.0953. The average Bonchev–Trinajstić information content (AvgIpc) is 2.98. The number of pyridine rings is 1.